The van der Waals surface area contributed by atoms with E-state index in [0.717, 1.165) is 9.35 Å². The van der Waals surface area contributed by atoms with E-state index < -0.39 is 5.60 Å². The van der Waals surface area contributed by atoms with E-state index in [9.17, 15) is 5.11 Å². The summed E-state index contributed by atoms with van der Waals surface area (Å²) in [4.78, 5) is 2.21. The van der Waals surface area contributed by atoms with E-state index in [4.69, 9.17) is 0 Å². The quantitative estimate of drug-likeness (QED) is 0.688. The second-order valence-corrected chi connectivity index (χ2v) is 7.73. The van der Waals surface area contributed by atoms with Gasteiger partial charge in [-0.1, -0.05) is 18.2 Å². The van der Waals surface area contributed by atoms with Gasteiger partial charge in [-0.2, -0.15) is 0 Å². The third-order valence-electron chi connectivity index (χ3n) is 3.15. The van der Waals surface area contributed by atoms with Crippen molar-refractivity contribution in [1.29, 1.82) is 0 Å². The lowest BCUT2D eigenvalue weighted by atomic mass is 9.99. The van der Waals surface area contributed by atoms with Gasteiger partial charge < -0.3 is 5.11 Å². The summed E-state index contributed by atoms with van der Waals surface area (Å²) in [6.45, 7) is 1.89. The number of aliphatic hydroxyl groups is 1. The molecule has 0 aliphatic carbocycles. The van der Waals surface area contributed by atoms with Gasteiger partial charge in [-0.05, 0) is 51.8 Å². The zero-order chi connectivity index (χ0) is 13.5. The first-order valence-corrected chi connectivity index (χ1v) is 8.48. The van der Waals surface area contributed by atoms with Gasteiger partial charge >= 0.3 is 0 Å². The van der Waals surface area contributed by atoms with Crippen molar-refractivity contribution in [3.05, 3.63) is 56.0 Å². The molecule has 1 N–H and O–H groups in total. The highest BCUT2D eigenvalue weighted by Crippen LogP contribution is 2.37. The minimum absolute atomic E-state index is 0.637. The molecule has 1 unspecified atom stereocenters. The summed E-state index contributed by atoms with van der Waals surface area (Å²) >= 11 is 6.88. The zero-order valence-electron chi connectivity index (χ0n) is 10.4. The zero-order valence-corrected chi connectivity index (χ0v) is 13.6. The third kappa shape index (κ3) is 2.63. The first-order valence-electron chi connectivity index (χ1n) is 5.99. The maximum absolute atomic E-state index is 10.8. The molecule has 3 rings (SSSR count). The lowest BCUT2D eigenvalue weighted by Crippen LogP contribution is -2.22. The molecule has 0 radical (unpaired) electrons. The molecule has 0 aliphatic heterocycles. The number of hydrogen-bond donors (Lipinski definition) is 1. The molecular formula is C15H13BrOS2. The van der Waals surface area contributed by atoms with Crippen LogP contribution in [0, 0.1) is 0 Å². The Labute approximate surface area is 128 Å². The van der Waals surface area contributed by atoms with Gasteiger partial charge in [0.2, 0.25) is 0 Å². The van der Waals surface area contributed by atoms with Gasteiger partial charge in [-0.3, -0.25) is 0 Å². The largest absolute Gasteiger partial charge is 0.384 e. The van der Waals surface area contributed by atoms with Crippen molar-refractivity contribution in [2.24, 2.45) is 0 Å². The van der Waals surface area contributed by atoms with Gasteiger partial charge in [0.25, 0.3) is 0 Å². The second kappa shape index (κ2) is 5.02. The van der Waals surface area contributed by atoms with E-state index in [1.807, 2.05) is 30.5 Å². The first kappa shape index (κ1) is 13.3. The molecular weight excluding hydrogens is 340 g/mol. The predicted octanol–water partition coefficient (Wildman–Crippen LogP) is 5.18. The highest BCUT2D eigenvalue weighted by atomic mass is 79.9. The van der Waals surface area contributed by atoms with Crippen LogP contribution in [0.2, 0.25) is 0 Å². The fourth-order valence-corrected chi connectivity index (χ4v) is 4.85. The summed E-state index contributed by atoms with van der Waals surface area (Å²) in [5, 5.41) is 14.0. The third-order valence-corrected chi connectivity index (χ3v) is 6.45. The number of thiophene rings is 2. The average Bonchev–Trinajstić information content (AvgIpc) is 2.96. The van der Waals surface area contributed by atoms with Gasteiger partial charge in [0, 0.05) is 25.3 Å². The Bertz CT molecular complexity index is 679. The lowest BCUT2D eigenvalue weighted by Gasteiger charge is -2.21. The highest BCUT2D eigenvalue weighted by molar-refractivity contribution is 9.10. The Balaban J connectivity index is 1.97. The molecule has 2 aromatic heterocycles. The summed E-state index contributed by atoms with van der Waals surface area (Å²) in [5.74, 6) is 0. The van der Waals surface area contributed by atoms with Crippen molar-refractivity contribution in [2.45, 2.75) is 18.9 Å². The number of fused-ring (bicyclic) bond motifs is 1. The number of benzene rings is 1. The smallest absolute Gasteiger partial charge is 0.101 e. The molecule has 0 saturated carbocycles. The number of rotatable bonds is 3. The van der Waals surface area contributed by atoms with Crippen LogP contribution in [0.4, 0.5) is 0 Å². The Morgan fingerprint density at radius 2 is 2.05 bits per heavy atom. The standard InChI is InChI=1S/C15H13BrOS2/c1-15(17,9-13-11(16)6-7-18-13)14-8-10-4-2-3-5-12(10)19-14/h2-8,17H,9H2,1H3. The number of hydrogen-bond acceptors (Lipinski definition) is 3. The van der Waals surface area contributed by atoms with Gasteiger partial charge in [-0.25, -0.2) is 0 Å². The van der Waals surface area contributed by atoms with Crippen molar-refractivity contribution in [2.75, 3.05) is 0 Å². The van der Waals surface area contributed by atoms with E-state index in [2.05, 4.69) is 34.1 Å². The van der Waals surface area contributed by atoms with Crippen LogP contribution >= 0.6 is 38.6 Å². The Morgan fingerprint density at radius 3 is 2.74 bits per heavy atom. The van der Waals surface area contributed by atoms with E-state index in [-0.39, 0.29) is 0 Å². The van der Waals surface area contributed by atoms with Crippen LogP contribution in [-0.2, 0) is 12.0 Å². The Morgan fingerprint density at radius 1 is 1.26 bits per heavy atom. The van der Waals surface area contributed by atoms with Crippen molar-refractivity contribution in [1.82, 2.24) is 0 Å². The minimum atomic E-state index is -0.822. The molecule has 0 aliphatic rings. The number of halogens is 1. The molecule has 3 aromatic rings. The average molecular weight is 353 g/mol. The van der Waals surface area contributed by atoms with Crippen molar-refractivity contribution in [3.8, 4) is 0 Å². The second-order valence-electron chi connectivity index (χ2n) is 4.79. The fraction of sp³-hybridized carbons (Fsp3) is 0.200. The fourth-order valence-electron chi connectivity index (χ4n) is 2.10. The van der Waals surface area contributed by atoms with Crippen LogP contribution in [0.15, 0.2) is 46.3 Å². The maximum Gasteiger partial charge on any atom is 0.101 e. The molecule has 0 saturated heterocycles. The van der Waals surface area contributed by atoms with Crippen molar-refractivity contribution >= 4 is 48.7 Å². The molecule has 0 fully saturated rings. The molecule has 19 heavy (non-hydrogen) atoms. The summed E-state index contributed by atoms with van der Waals surface area (Å²) in [5.41, 5.74) is -0.822. The van der Waals surface area contributed by atoms with Crippen molar-refractivity contribution in [3.63, 3.8) is 0 Å². The van der Waals surface area contributed by atoms with Crippen LogP contribution in [0.5, 0.6) is 0 Å². The topological polar surface area (TPSA) is 20.2 Å². The molecule has 1 aromatic carbocycles. The van der Waals surface area contributed by atoms with Crippen LogP contribution < -0.4 is 0 Å². The molecule has 2 heterocycles. The molecule has 0 spiro atoms. The predicted molar refractivity (Wildman–Crippen MR) is 87.1 cm³/mol. The summed E-state index contributed by atoms with van der Waals surface area (Å²) in [6, 6.07) is 12.4. The first-order chi connectivity index (χ1) is 9.06. The van der Waals surface area contributed by atoms with Crippen LogP contribution in [0.25, 0.3) is 10.1 Å². The van der Waals surface area contributed by atoms with Gasteiger partial charge in [0.15, 0.2) is 0 Å². The molecule has 1 atom stereocenters. The Kier molecular flexibility index (Phi) is 3.52. The normalized spacial score (nSPS) is 14.7. The van der Waals surface area contributed by atoms with Gasteiger partial charge in [0.1, 0.15) is 5.60 Å². The molecule has 98 valence electrons. The van der Waals surface area contributed by atoms with Crippen LogP contribution in [0.3, 0.4) is 0 Å². The minimum Gasteiger partial charge on any atom is -0.384 e. The van der Waals surface area contributed by atoms with E-state index in [0.29, 0.717) is 6.42 Å². The summed E-state index contributed by atoms with van der Waals surface area (Å²) < 4.78 is 2.31. The highest BCUT2D eigenvalue weighted by Gasteiger charge is 2.27. The Hall–Kier alpha value is -0.680. The maximum atomic E-state index is 10.8. The van der Waals surface area contributed by atoms with E-state index in [1.165, 1.54) is 15.0 Å². The summed E-state index contributed by atoms with van der Waals surface area (Å²) in [6.07, 6.45) is 0.637. The van der Waals surface area contributed by atoms with E-state index in [1.54, 1.807) is 22.7 Å². The molecule has 4 heteroatoms. The van der Waals surface area contributed by atoms with E-state index >= 15 is 0 Å². The molecule has 1 nitrogen and oxygen atoms in total. The van der Waals surface area contributed by atoms with Gasteiger partial charge in [-0.15, -0.1) is 22.7 Å². The lowest BCUT2D eigenvalue weighted by molar-refractivity contribution is 0.0623. The van der Waals surface area contributed by atoms with Gasteiger partial charge in [0.05, 0.1) is 0 Å². The summed E-state index contributed by atoms with van der Waals surface area (Å²) in [7, 11) is 0. The van der Waals surface area contributed by atoms with Crippen molar-refractivity contribution < 1.29 is 5.11 Å². The van der Waals surface area contributed by atoms with Crippen LogP contribution in [-0.4, -0.2) is 5.11 Å². The monoisotopic (exact) mass is 352 g/mol. The molecule has 0 amide bonds. The SMILES string of the molecule is CC(O)(Cc1sccc1Br)c1cc2ccccc2s1. The molecule has 0 bridgehead atoms. The van der Waals surface area contributed by atoms with Crippen LogP contribution in [0.1, 0.15) is 16.7 Å².